The highest BCUT2D eigenvalue weighted by Crippen LogP contribution is 2.17. The van der Waals surface area contributed by atoms with E-state index in [1.807, 2.05) is 6.07 Å². The molecule has 2 rings (SSSR count). The van der Waals surface area contributed by atoms with Gasteiger partial charge in [-0.3, -0.25) is 4.98 Å². The maximum absolute atomic E-state index is 4.57. The number of halogens is 1. The third-order valence-corrected chi connectivity index (χ3v) is 3.75. The number of aromatic nitrogens is 1. The van der Waals surface area contributed by atoms with Gasteiger partial charge in [-0.15, -0.1) is 0 Å². The van der Waals surface area contributed by atoms with Crippen LogP contribution >= 0.6 is 22.6 Å². The van der Waals surface area contributed by atoms with Crippen LogP contribution in [-0.2, 0) is 6.54 Å². The smallest absolute Gasteiger partial charge is 0.0708 e. The second kappa shape index (κ2) is 7.04. The molecule has 0 radical (unpaired) electrons. The van der Waals surface area contributed by atoms with Crippen molar-refractivity contribution in [1.82, 2.24) is 10.3 Å². The fraction of sp³-hybridized carbons (Fsp3) is 0.400. The summed E-state index contributed by atoms with van der Waals surface area (Å²) in [5.41, 5.74) is 3.55. The molecule has 96 valence electrons. The lowest BCUT2D eigenvalue weighted by molar-refractivity contribution is 0.647. The molecule has 1 N–H and O–H groups in total. The fourth-order valence-electron chi connectivity index (χ4n) is 2.11. The Bertz CT molecular complexity index is 511. The summed E-state index contributed by atoms with van der Waals surface area (Å²) in [6.07, 6.45) is 2.55. The van der Waals surface area contributed by atoms with Gasteiger partial charge in [-0.05, 0) is 48.4 Å². The number of rotatable bonds is 6. The molecule has 0 aliphatic rings. The van der Waals surface area contributed by atoms with Gasteiger partial charge in [0.05, 0.1) is 5.52 Å². The van der Waals surface area contributed by atoms with Gasteiger partial charge < -0.3 is 5.32 Å². The largest absolute Gasteiger partial charge is 0.313 e. The number of pyridine rings is 1. The van der Waals surface area contributed by atoms with E-state index >= 15 is 0 Å². The summed E-state index contributed by atoms with van der Waals surface area (Å²) in [5.74, 6) is 0. The minimum atomic E-state index is 0.936. The third-order valence-electron chi connectivity index (χ3n) is 2.98. The molecule has 1 aromatic heterocycles. The number of aryl methyl sites for hydroxylation is 1. The zero-order valence-corrected chi connectivity index (χ0v) is 12.9. The Labute approximate surface area is 122 Å². The molecule has 0 aliphatic carbocycles. The first kappa shape index (κ1) is 13.7. The topological polar surface area (TPSA) is 24.9 Å². The van der Waals surface area contributed by atoms with E-state index in [-0.39, 0.29) is 0 Å². The molecular weight excluding hydrogens is 335 g/mol. The first-order chi connectivity index (χ1) is 8.81. The van der Waals surface area contributed by atoms with E-state index in [1.165, 1.54) is 28.2 Å². The Kier molecular flexibility index (Phi) is 5.38. The van der Waals surface area contributed by atoms with Gasteiger partial charge in [0.1, 0.15) is 0 Å². The first-order valence-corrected chi connectivity index (χ1v) is 7.96. The van der Waals surface area contributed by atoms with Crippen LogP contribution in [0, 0.1) is 6.92 Å². The van der Waals surface area contributed by atoms with E-state index in [0.29, 0.717) is 0 Å². The highest BCUT2D eigenvalue weighted by atomic mass is 127. The molecule has 0 spiro atoms. The van der Waals surface area contributed by atoms with E-state index in [4.69, 9.17) is 0 Å². The van der Waals surface area contributed by atoms with Gasteiger partial charge in [0.2, 0.25) is 0 Å². The molecule has 18 heavy (non-hydrogen) atoms. The normalized spacial score (nSPS) is 11.0. The molecule has 0 amide bonds. The van der Waals surface area contributed by atoms with Crippen molar-refractivity contribution in [1.29, 1.82) is 0 Å². The number of nitrogens with one attached hydrogen (secondary N) is 1. The van der Waals surface area contributed by atoms with Crippen molar-refractivity contribution in [2.45, 2.75) is 26.3 Å². The third kappa shape index (κ3) is 3.65. The Morgan fingerprint density at radius 3 is 2.89 bits per heavy atom. The highest BCUT2D eigenvalue weighted by molar-refractivity contribution is 14.1. The van der Waals surface area contributed by atoms with Gasteiger partial charge >= 0.3 is 0 Å². The summed E-state index contributed by atoms with van der Waals surface area (Å²) >= 11 is 2.43. The van der Waals surface area contributed by atoms with Crippen LogP contribution in [0.25, 0.3) is 10.9 Å². The van der Waals surface area contributed by atoms with Crippen molar-refractivity contribution in [2.24, 2.45) is 0 Å². The minimum Gasteiger partial charge on any atom is -0.313 e. The van der Waals surface area contributed by atoms with Crippen molar-refractivity contribution in [2.75, 3.05) is 11.0 Å². The van der Waals surface area contributed by atoms with Gasteiger partial charge in [0.15, 0.2) is 0 Å². The zero-order chi connectivity index (χ0) is 12.8. The number of para-hydroxylation sites is 1. The van der Waals surface area contributed by atoms with Crippen LogP contribution in [0.15, 0.2) is 30.3 Å². The number of alkyl halides is 1. The zero-order valence-electron chi connectivity index (χ0n) is 10.7. The van der Waals surface area contributed by atoms with Crippen molar-refractivity contribution >= 4 is 33.5 Å². The summed E-state index contributed by atoms with van der Waals surface area (Å²) in [6.45, 7) is 4.09. The molecule has 0 unspecified atom stereocenters. The second-order valence-corrected chi connectivity index (χ2v) is 5.59. The second-order valence-electron chi connectivity index (χ2n) is 4.51. The lowest BCUT2D eigenvalue weighted by Crippen LogP contribution is -2.15. The minimum absolute atomic E-state index is 0.936. The Morgan fingerprint density at radius 1 is 1.22 bits per heavy atom. The molecule has 0 bridgehead atoms. The van der Waals surface area contributed by atoms with Crippen molar-refractivity contribution < 1.29 is 0 Å². The SMILES string of the molecule is Cc1cc(CNCCCCI)c2ccccc2n1. The van der Waals surface area contributed by atoms with Crippen LogP contribution in [0.4, 0.5) is 0 Å². The predicted octanol–water partition coefficient (Wildman–Crippen LogP) is 3.85. The van der Waals surface area contributed by atoms with Gasteiger partial charge in [0.25, 0.3) is 0 Å². The molecule has 0 aliphatic heterocycles. The molecule has 1 aromatic carbocycles. The van der Waals surface area contributed by atoms with Crippen LogP contribution in [0.1, 0.15) is 24.1 Å². The molecule has 1 heterocycles. The summed E-state index contributed by atoms with van der Waals surface area (Å²) in [4.78, 5) is 4.57. The van der Waals surface area contributed by atoms with E-state index < -0.39 is 0 Å². The summed E-state index contributed by atoms with van der Waals surface area (Å²) in [6, 6.07) is 10.6. The summed E-state index contributed by atoms with van der Waals surface area (Å²) in [7, 11) is 0. The molecule has 0 atom stereocenters. The number of benzene rings is 1. The lowest BCUT2D eigenvalue weighted by atomic mass is 10.1. The lowest BCUT2D eigenvalue weighted by Gasteiger charge is -2.09. The monoisotopic (exact) mass is 354 g/mol. The van der Waals surface area contributed by atoms with Gasteiger partial charge in [-0.1, -0.05) is 40.8 Å². The number of nitrogens with zero attached hydrogens (tertiary/aromatic N) is 1. The average molecular weight is 354 g/mol. The van der Waals surface area contributed by atoms with Crippen LogP contribution in [0.3, 0.4) is 0 Å². The number of fused-ring (bicyclic) bond motifs is 1. The van der Waals surface area contributed by atoms with Crippen LogP contribution in [0.2, 0.25) is 0 Å². The van der Waals surface area contributed by atoms with E-state index in [1.54, 1.807) is 0 Å². The average Bonchev–Trinajstić information content (AvgIpc) is 2.38. The van der Waals surface area contributed by atoms with Crippen LogP contribution in [0.5, 0.6) is 0 Å². The number of hydrogen-bond acceptors (Lipinski definition) is 2. The quantitative estimate of drug-likeness (QED) is 0.484. The number of unbranched alkanes of at least 4 members (excludes halogenated alkanes) is 1. The molecule has 2 nitrogen and oxygen atoms in total. The molecule has 0 fully saturated rings. The van der Waals surface area contributed by atoms with Gasteiger partial charge in [0, 0.05) is 17.6 Å². The number of hydrogen-bond donors (Lipinski definition) is 1. The highest BCUT2D eigenvalue weighted by Gasteiger charge is 2.02. The Morgan fingerprint density at radius 2 is 2.06 bits per heavy atom. The first-order valence-electron chi connectivity index (χ1n) is 6.43. The standard InChI is InChI=1S/C15H19IN2/c1-12-10-13(11-17-9-5-4-8-16)14-6-2-3-7-15(14)18-12/h2-3,6-7,10,17H,4-5,8-9,11H2,1H3. The van der Waals surface area contributed by atoms with Crippen LogP contribution < -0.4 is 5.32 Å². The maximum atomic E-state index is 4.57. The molecule has 0 saturated heterocycles. The van der Waals surface area contributed by atoms with E-state index in [9.17, 15) is 0 Å². The van der Waals surface area contributed by atoms with Crippen LogP contribution in [-0.4, -0.2) is 16.0 Å². The Hall–Kier alpha value is -0.680. The molecule has 3 heteroatoms. The van der Waals surface area contributed by atoms with Crippen molar-refractivity contribution in [3.63, 3.8) is 0 Å². The maximum Gasteiger partial charge on any atom is 0.0708 e. The van der Waals surface area contributed by atoms with Crippen molar-refractivity contribution in [3.8, 4) is 0 Å². The summed E-state index contributed by atoms with van der Waals surface area (Å²) in [5, 5.41) is 4.79. The molecular formula is C15H19IN2. The molecule has 2 aromatic rings. The van der Waals surface area contributed by atoms with Gasteiger partial charge in [-0.25, -0.2) is 0 Å². The predicted molar refractivity (Wildman–Crippen MR) is 86.3 cm³/mol. The van der Waals surface area contributed by atoms with E-state index in [2.05, 4.69) is 64.1 Å². The van der Waals surface area contributed by atoms with E-state index in [0.717, 1.165) is 24.3 Å². The fourth-order valence-corrected chi connectivity index (χ4v) is 2.65. The summed E-state index contributed by atoms with van der Waals surface area (Å²) < 4.78 is 1.25. The Balaban J connectivity index is 2.07. The van der Waals surface area contributed by atoms with Gasteiger partial charge in [-0.2, -0.15) is 0 Å². The molecule has 0 saturated carbocycles. The van der Waals surface area contributed by atoms with Crippen molar-refractivity contribution in [3.05, 3.63) is 41.6 Å².